The van der Waals surface area contributed by atoms with Gasteiger partial charge in [0, 0.05) is 11.0 Å². The first-order chi connectivity index (χ1) is 19.2. The zero-order valence-electron chi connectivity index (χ0n) is 25.6. The molecule has 4 heteroatoms. The van der Waals surface area contributed by atoms with Crippen molar-refractivity contribution >= 4 is 11.5 Å². The van der Waals surface area contributed by atoms with Crippen molar-refractivity contribution in [2.75, 3.05) is 14.2 Å². The van der Waals surface area contributed by atoms with Crippen LogP contribution in [0.5, 0.6) is 5.75 Å². The lowest BCUT2D eigenvalue weighted by Crippen LogP contribution is -2.26. The van der Waals surface area contributed by atoms with Crippen LogP contribution in [0.4, 0.5) is 0 Å². The van der Waals surface area contributed by atoms with Crippen LogP contribution in [0.15, 0.2) is 60.7 Å². The summed E-state index contributed by atoms with van der Waals surface area (Å²) >= 11 is 0. The van der Waals surface area contributed by atoms with Crippen molar-refractivity contribution in [3.05, 3.63) is 94.1 Å². The fourth-order valence-corrected chi connectivity index (χ4v) is 5.88. The summed E-state index contributed by atoms with van der Waals surface area (Å²) in [6, 6.07) is 19.5. The van der Waals surface area contributed by atoms with Crippen LogP contribution in [0.1, 0.15) is 86.8 Å². The van der Waals surface area contributed by atoms with Crippen molar-refractivity contribution in [1.82, 2.24) is 0 Å². The molecule has 3 aromatic carbocycles. The zero-order chi connectivity index (χ0) is 29.4. The van der Waals surface area contributed by atoms with E-state index in [0.29, 0.717) is 6.42 Å². The highest BCUT2D eigenvalue weighted by Crippen LogP contribution is 2.42. The van der Waals surface area contributed by atoms with Gasteiger partial charge >= 0.3 is 5.97 Å². The number of allylic oxidation sites excluding steroid dienone is 1. The van der Waals surface area contributed by atoms with E-state index in [-0.39, 0.29) is 17.8 Å². The van der Waals surface area contributed by atoms with E-state index in [2.05, 4.69) is 71.0 Å². The molecule has 0 fully saturated rings. The fraction of sp³-hybridized carbons (Fsp3) is 0.417. The highest BCUT2D eigenvalue weighted by atomic mass is 16.5. The molecule has 3 rings (SSSR count). The predicted octanol–water partition coefficient (Wildman–Crippen LogP) is 8.36. The van der Waals surface area contributed by atoms with Crippen molar-refractivity contribution < 1.29 is 19.4 Å². The maximum atomic E-state index is 11.9. The molecule has 0 aliphatic rings. The summed E-state index contributed by atoms with van der Waals surface area (Å²) in [7, 11) is 3.09. The van der Waals surface area contributed by atoms with Gasteiger partial charge < -0.3 is 14.6 Å². The van der Waals surface area contributed by atoms with Gasteiger partial charge in [-0.25, -0.2) is 0 Å². The van der Waals surface area contributed by atoms with Gasteiger partial charge in [-0.05, 0) is 96.2 Å². The predicted molar refractivity (Wildman–Crippen MR) is 166 cm³/mol. The summed E-state index contributed by atoms with van der Waals surface area (Å²) in [6.45, 7) is 13.0. The third-order valence-corrected chi connectivity index (χ3v) is 8.43. The molecule has 214 valence electrons. The monoisotopic (exact) mass is 542 g/mol. The van der Waals surface area contributed by atoms with E-state index in [9.17, 15) is 9.90 Å². The van der Waals surface area contributed by atoms with E-state index in [1.165, 1.54) is 34.9 Å². The van der Waals surface area contributed by atoms with Crippen molar-refractivity contribution in [2.24, 2.45) is 0 Å². The Morgan fingerprint density at radius 2 is 1.52 bits per heavy atom. The summed E-state index contributed by atoms with van der Waals surface area (Å²) in [5, 5.41) is 10.2. The largest absolute Gasteiger partial charge is 0.496 e. The Morgan fingerprint density at radius 1 is 0.875 bits per heavy atom. The molecule has 0 radical (unpaired) electrons. The smallest absolute Gasteiger partial charge is 0.309 e. The number of aliphatic hydroxyl groups excluding tert-OH is 1. The highest BCUT2D eigenvalue weighted by molar-refractivity contribution is 5.78. The number of aliphatic hydroxyl groups is 1. The number of carbonyl (C=O) groups excluding carboxylic acids is 1. The molecule has 0 spiro atoms. The van der Waals surface area contributed by atoms with Crippen molar-refractivity contribution in [2.45, 2.75) is 85.2 Å². The molecule has 0 saturated heterocycles. The molecule has 0 amide bonds. The quantitative estimate of drug-likeness (QED) is 0.234. The topological polar surface area (TPSA) is 55.8 Å². The lowest BCUT2D eigenvalue weighted by Gasteiger charge is -2.34. The normalized spacial score (nSPS) is 12.8. The maximum absolute atomic E-state index is 11.9. The first-order valence-electron chi connectivity index (χ1n) is 14.5. The van der Waals surface area contributed by atoms with Crippen molar-refractivity contribution in [1.29, 1.82) is 0 Å². The molecule has 1 N–H and O–H groups in total. The van der Waals surface area contributed by atoms with Crippen LogP contribution < -0.4 is 4.74 Å². The average Bonchev–Trinajstić information content (AvgIpc) is 2.97. The van der Waals surface area contributed by atoms with Crippen LogP contribution in [0.25, 0.3) is 16.7 Å². The van der Waals surface area contributed by atoms with Gasteiger partial charge in [-0.3, -0.25) is 4.79 Å². The molecule has 1 atom stereocenters. The van der Waals surface area contributed by atoms with E-state index in [1.54, 1.807) is 7.11 Å². The number of esters is 1. The molecule has 0 saturated carbocycles. The van der Waals surface area contributed by atoms with Crippen LogP contribution >= 0.6 is 0 Å². The van der Waals surface area contributed by atoms with Crippen LogP contribution in [0.3, 0.4) is 0 Å². The average molecular weight is 543 g/mol. The van der Waals surface area contributed by atoms with E-state index in [1.807, 2.05) is 31.2 Å². The molecular formula is C36H46O4. The van der Waals surface area contributed by atoms with Gasteiger partial charge in [0.15, 0.2) is 0 Å². The molecule has 0 aromatic heterocycles. The van der Waals surface area contributed by atoms with Crippen molar-refractivity contribution in [3.63, 3.8) is 0 Å². The standard InChI is InChI=1S/C36H46O4/c1-9-27(23-30(37)10-2)31-16-14-28(19-24(31)5)36(11-3,12-4)29-15-17-32(25(6)20-29)33-21-26(22-35(38)40-8)13-18-34(33)39-7/h13-21,23,30,37H,9-12,22H2,1-8H3/b27-23+. The Kier molecular flexibility index (Phi) is 10.8. The second kappa shape index (κ2) is 13.8. The SMILES string of the molecule is CC/C(=C\C(O)CC)c1ccc(C(CC)(CC)c2ccc(-c3cc(CC(=O)OC)ccc3OC)c(C)c2)cc1C. The lowest BCUT2D eigenvalue weighted by molar-refractivity contribution is -0.139. The van der Waals surface area contributed by atoms with Crippen LogP contribution in [0, 0.1) is 13.8 Å². The van der Waals surface area contributed by atoms with Gasteiger partial charge in [-0.1, -0.05) is 76.2 Å². The second-order valence-corrected chi connectivity index (χ2v) is 10.7. The van der Waals surface area contributed by atoms with Crippen LogP contribution in [0.2, 0.25) is 0 Å². The molecular weight excluding hydrogens is 496 g/mol. The van der Waals surface area contributed by atoms with Crippen LogP contribution in [-0.2, 0) is 21.4 Å². The van der Waals surface area contributed by atoms with Gasteiger partial charge in [0.05, 0.1) is 26.7 Å². The number of ether oxygens (including phenoxy) is 2. The van der Waals surface area contributed by atoms with Crippen LogP contribution in [-0.4, -0.2) is 31.4 Å². The molecule has 4 nitrogen and oxygen atoms in total. The van der Waals surface area contributed by atoms with Gasteiger partial charge in [0.2, 0.25) is 0 Å². The molecule has 40 heavy (non-hydrogen) atoms. The van der Waals surface area contributed by atoms with Gasteiger partial charge in [-0.2, -0.15) is 0 Å². The second-order valence-electron chi connectivity index (χ2n) is 10.7. The minimum atomic E-state index is -0.416. The first kappa shape index (κ1) is 31.2. The summed E-state index contributed by atoms with van der Waals surface area (Å²) in [4.78, 5) is 11.9. The summed E-state index contributed by atoms with van der Waals surface area (Å²) in [6.07, 6.45) is 5.36. The summed E-state index contributed by atoms with van der Waals surface area (Å²) in [5.74, 6) is 0.518. The zero-order valence-corrected chi connectivity index (χ0v) is 25.6. The number of methoxy groups -OCH3 is 2. The Morgan fingerprint density at radius 3 is 2.05 bits per heavy atom. The minimum absolute atomic E-state index is 0.123. The Labute approximate surface area is 241 Å². The molecule has 0 aliphatic heterocycles. The maximum Gasteiger partial charge on any atom is 0.309 e. The van der Waals surface area contributed by atoms with E-state index >= 15 is 0 Å². The fourth-order valence-electron chi connectivity index (χ4n) is 5.88. The number of rotatable bonds is 12. The molecule has 0 aliphatic carbocycles. The van der Waals surface area contributed by atoms with Gasteiger partial charge in [0.25, 0.3) is 0 Å². The molecule has 0 heterocycles. The van der Waals surface area contributed by atoms with Gasteiger partial charge in [0.1, 0.15) is 5.75 Å². The minimum Gasteiger partial charge on any atom is -0.496 e. The highest BCUT2D eigenvalue weighted by Gasteiger charge is 2.31. The summed E-state index contributed by atoms with van der Waals surface area (Å²) < 4.78 is 10.6. The molecule has 0 bridgehead atoms. The summed E-state index contributed by atoms with van der Waals surface area (Å²) in [5.41, 5.74) is 10.3. The molecule has 1 unspecified atom stereocenters. The van der Waals surface area contributed by atoms with Gasteiger partial charge in [-0.15, -0.1) is 0 Å². The lowest BCUT2D eigenvalue weighted by atomic mass is 9.69. The Balaban J connectivity index is 2.08. The Hall–Kier alpha value is -3.37. The molecule has 3 aromatic rings. The number of benzene rings is 3. The Bertz CT molecular complexity index is 1350. The number of aryl methyl sites for hydroxylation is 2. The number of hydrogen-bond donors (Lipinski definition) is 1. The van der Waals surface area contributed by atoms with E-state index in [0.717, 1.165) is 47.3 Å². The third kappa shape index (κ3) is 6.50. The number of hydrogen-bond acceptors (Lipinski definition) is 4. The number of carbonyl (C=O) groups is 1. The van der Waals surface area contributed by atoms with E-state index in [4.69, 9.17) is 9.47 Å². The van der Waals surface area contributed by atoms with Crippen molar-refractivity contribution in [3.8, 4) is 16.9 Å². The van der Waals surface area contributed by atoms with E-state index < -0.39 is 6.10 Å². The third-order valence-electron chi connectivity index (χ3n) is 8.43. The first-order valence-corrected chi connectivity index (χ1v) is 14.5.